The van der Waals surface area contributed by atoms with Crippen LogP contribution in [0.2, 0.25) is 0 Å². The molecule has 18 heavy (non-hydrogen) atoms. The number of hydrogen-bond donors (Lipinski definition) is 2. The third kappa shape index (κ3) is 3.03. The van der Waals surface area contributed by atoms with E-state index in [-0.39, 0.29) is 18.3 Å². The third-order valence-electron chi connectivity index (χ3n) is 3.48. The van der Waals surface area contributed by atoms with Gasteiger partial charge in [0, 0.05) is 18.8 Å². The summed E-state index contributed by atoms with van der Waals surface area (Å²) in [5, 5.41) is 10.4. The number of nitrogens with one attached hydrogen (secondary N) is 2. The van der Waals surface area contributed by atoms with Gasteiger partial charge in [-0.3, -0.25) is 9.48 Å². The second-order valence-electron chi connectivity index (χ2n) is 4.96. The summed E-state index contributed by atoms with van der Waals surface area (Å²) in [4.78, 5) is 12.2. The van der Waals surface area contributed by atoms with Crippen LogP contribution < -0.4 is 10.6 Å². The number of carbonyl (C=O) groups is 1. The molecule has 1 amide bonds. The molecule has 1 aliphatic heterocycles. The van der Waals surface area contributed by atoms with E-state index in [0.717, 1.165) is 31.5 Å². The average Bonchev–Trinajstić information content (AvgIpc) is 2.59. The minimum absolute atomic E-state index is 0. The van der Waals surface area contributed by atoms with Crippen molar-refractivity contribution in [2.75, 3.05) is 11.9 Å². The zero-order chi connectivity index (χ0) is 12.5. The van der Waals surface area contributed by atoms with Gasteiger partial charge in [-0.05, 0) is 39.7 Å². The summed E-state index contributed by atoms with van der Waals surface area (Å²) in [6.07, 6.45) is 3.12. The van der Waals surface area contributed by atoms with Gasteiger partial charge in [-0.2, -0.15) is 5.10 Å². The second-order valence-corrected chi connectivity index (χ2v) is 4.96. The number of carbonyl (C=O) groups excluding carboxylic acids is 1. The number of nitrogens with zero attached hydrogens (tertiary/aromatic N) is 2. The Kier molecular flexibility index (Phi) is 4.76. The minimum Gasteiger partial charge on any atom is -0.308 e. The molecule has 0 spiro atoms. The van der Waals surface area contributed by atoms with Gasteiger partial charge in [0.2, 0.25) is 5.91 Å². The topological polar surface area (TPSA) is 59.0 Å². The summed E-state index contributed by atoms with van der Waals surface area (Å²) in [6, 6.07) is 1.88. The summed E-state index contributed by atoms with van der Waals surface area (Å²) in [6.45, 7) is 4.83. The van der Waals surface area contributed by atoms with E-state index in [2.05, 4.69) is 15.7 Å². The summed E-state index contributed by atoms with van der Waals surface area (Å²) >= 11 is 0. The quantitative estimate of drug-likeness (QED) is 0.860. The Hall–Kier alpha value is -1.07. The largest absolute Gasteiger partial charge is 0.308 e. The van der Waals surface area contributed by atoms with Crippen LogP contribution >= 0.6 is 12.4 Å². The molecular formula is C12H21ClN4O. The van der Waals surface area contributed by atoms with E-state index in [1.807, 2.05) is 27.0 Å². The summed E-state index contributed by atoms with van der Waals surface area (Å²) < 4.78 is 1.76. The van der Waals surface area contributed by atoms with Crippen molar-refractivity contribution in [2.24, 2.45) is 7.05 Å². The first-order chi connectivity index (χ1) is 8.01. The SMILES string of the molecule is Cc1cc(NC(=O)C2(C)CCCCN2)nn1C.Cl. The number of rotatable bonds is 2. The highest BCUT2D eigenvalue weighted by molar-refractivity contribution is 5.97. The van der Waals surface area contributed by atoms with Gasteiger partial charge < -0.3 is 10.6 Å². The minimum atomic E-state index is -0.455. The molecule has 1 atom stereocenters. The average molecular weight is 273 g/mol. The van der Waals surface area contributed by atoms with Gasteiger partial charge in [0.05, 0.1) is 5.54 Å². The highest BCUT2D eigenvalue weighted by Crippen LogP contribution is 2.20. The molecule has 5 nitrogen and oxygen atoms in total. The lowest BCUT2D eigenvalue weighted by molar-refractivity contribution is -0.122. The van der Waals surface area contributed by atoms with E-state index < -0.39 is 5.54 Å². The number of piperidine rings is 1. The fourth-order valence-electron chi connectivity index (χ4n) is 2.13. The smallest absolute Gasteiger partial charge is 0.245 e. The Morgan fingerprint density at radius 1 is 1.56 bits per heavy atom. The van der Waals surface area contributed by atoms with Crippen molar-refractivity contribution in [3.63, 3.8) is 0 Å². The van der Waals surface area contributed by atoms with Crippen LogP contribution in [0.1, 0.15) is 31.9 Å². The van der Waals surface area contributed by atoms with Gasteiger partial charge in [-0.25, -0.2) is 0 Å². The molecule has 1 fully saturated rings. The van der Waals surface area contributed by atoms with Crippen LogP contribution in [0.5, 0.6) is 0 Å². The van der Waals surface area contributed by atoms with Gasteiger partial charge in [0.1, 0.15) is 0 Å². The Morgan fingerprint density at radius 3 is 2.78 bits per heavy atom. The number of anilines is 1. The van der Waals surface area contributed by atoms with Crippen LogP contribution in [-0.2, 0) is 11.8 Å². The van der Waals surface area contributed by atoms with Crippen molar-refractivity contribution in [1.29, 1.82) is 0 Å². The molecule has 1 saturated heterocycles. The first-order valence-electron chi connectivity index (χ1n) is 6.08. The maximum atomic E-state index is 12.2. The summed E-state index contributed by atoms with van der Waals surface area (Å²) in [5.74, 6) is 0.638. The molecule has 1 unspecified atom stereocenters. The van der Waals surface area contributed by atoms with E-state index in [9.17, 15) is 4.79 Å². The zero-order valence-corrected chi connectivity index (χ0v) is 11.9. The van der Waals surface area contributed by atoms with Crippen LogP contribution in [0.4, 0.5) is 5.82 Å². The summed E-state index contributed by atoms with van der Waals surface area (Å²) in [5.41, 5.74) is 0.575. The molecule has 0 radical (unpaired) electrons. The van der Waals surface area contributed by atoms with Gasteiger partial charge >= 0.3 is 0 Å². The molecule has 2 rings (SSSR count). The van der Waals surface area contributed by atoms with E-state index in [1.165, 1.54) is 0 Å². The number of aromatic nitrogens is 2. The number of amides is 1. The monoisotopic (exact) mass is 272 g/mol. The van der Waals surface area contributed by atoms with Crippen LogP contribution in [0, 0.1) is 6.92 Å². The number of aryl methyl sites for hydroxylation is 2. The fourth-order valence-corrected chi connectivity index (χ4v) is 2.13. The Bertz CT molecular complexity index is 404. The second kappa shape index (κ2) is 5.71. The Labute approximate surface area is 114 Å². The first-order valence-corrected chi connectivity index (χ1v) is 6.08. The van der Waals surface area contributed by atoms with Gasteiger partial charge in [-0.1, -0.05) is 0 Å². The maximum absolute atomic E-state index is 12.2. The third-order valence-corrected chi connectivity index (χ3v) is 3.48. The molecule has 0 bridgehead atoms. The van der Waals surface area contributed by atoms with Gasteiger partial charge in [0.15, 0.2) is 5.82 Å². The molecular weight excluding hydrogens is 252 g/mol. The molecule has 6 heteroatoms. The molecule has 2 N–H and O–H groups in total. The Balaban J connectivity index is 0.00000162. The normalized spacial score (nSPS) is 23.3. The van der Waals surface area contributed by atoms with Crippen LogP contribution in [0.15, 0.2) is 6.07 Å². The number of hydrogen-bond acceptors (Lipinski definition) is 3. The molecule has 0 aromatic carbocycles. The lowest BCUT2D eigenvalue weighted by Crippen LogP contribution is -2.54. The molecule has 102 valence electrons. The van der Waals surface area contributed by atoms with Crippen molar-refractivity contribution in [2.45, 2.75) is 38.6 Å². The van der Waals surface area contributed by atoms with Gasteiger partial charge in [-0.15, -0.1) is 12.4 Å². The van der Waals surface area contributed by atoms with Crippen LogP contribution in [0.3, 0.4) is 0 Å². The van der Waals surface area contributed by atoms with Crippen molar-refractivity contribution in [1.82, 2.24) is 15.1 Å². The summed E-state index contributed by atoms with van der Waals surface area (Å²) in [7, 11) is 1.87. The standard InChI is InChI=1S/C12H20N4O.ClH/c1-9-8-10(15-16(9)3)14-11(17)12(2)6-4-5-7-13-12;/h8,13H,4-7H2,1-3H3,(H,14,15,17);1H. The fraction of sp³-hybridized carbons (Fsp3) is 0.667. The van der Waals surface area contributed by atoms with Crippen LogP contribution in [0.25, 0.3) is 0 Å². The van der Waals surface area contributed by atoms with Crippen molar-refractivity contribution in [3.05, 3.63) is 11.8 Å². The predicted molar refractivity (Wildman–Crippen MR) is 74.1 cm³/mol. The molecule has 1 aromatic rings. The first kappa shape index (κ1) is 15.0. The Morgan fingerprint density at radius 2 is 2.28 bits per heavy atom. The molecule has 2 heterocycles. The van der Waals surface area contributed by atoms with E-state index in [0.29, 0.717) is 5.82 Å². The van der Waals surface area contributed by atoms with E-state index in [1.54, 1.807) is 4.68 Å². The van der Waals surface area contributed by atoms with Crippen molar-refractivity contribution in [3.8, 4) is 0 Å². The van der Waals surface area contributed by atoms with Crippen LogP contribution in [-0.4, -0.2) is 27.8 Å². The molecule has 1 aliphatic rings. The number of halogens is 1. The van der Waals surface area contributed by atoms with E-state index >= 15 is 0 Å². The van der Waals surface area contributed by atoms with Gasteiger partial charge in [0.25, 0.3) is 0 Å². The molecule has 0 saturated carbocycles. The van der Waals surface area contributed by atoms with Crippen molar-refractivity contribution >= 4 is 24.1 Å². The predicted octanol–water partition coefficient (Wildman–Crippen LogP) is 1.62. The maximum Gasteiger partial charge on any atom is 0.245 e. The lowest BCUT2D eigenvalue weighted by Gasteiger charge is -2.33. The highest BCUT2D eigenvalue weighted by atomic mass is 35.5. The van der Waals surface area contributed by atoms with E-state index in [4.69, 9.17) is 0 Å². The lowest BCUT2D eigenvalue weighted by atomic mass is 9.90. The zero-order valence-electron chi connectivity index (χ0n) is 11.1. The van der Waals surface area contributed by atoms with Crippen molar-refractivity contribution < 1.29 is 4.79 Å². The molecule has 1 aromatic heterocycles. The molecule has 0 aliphatic carbocycles. The highest BCUT2D eigenvalue weighted by Gasteiger charge is 2.34.